The number of nitrogens with zero attached hydrogens (tertiary/aromatic N) is 5. The van der Waals surface area contributed by atoms with E-state index in [4.69, 9.17) is 10.4 Å². The van der Waals surface area contributed by atoms with Crippen LogP contribution in [0.2, 0.25) is 0 Å². The van der Waals surface area contributed by atoms with Gasteiger partial charge in [0.2, 0.25) is 0 Å². The molecular weight excluding hydrogens is 426 g/mol. The van der Waals surface area contributed by atoms with Crippen molar-refractivity contribution in [3.63, 3.8) is 0 Å². The van der Waals surface area contributed by atoms with E-state index in [1.165, 1.54) is 19.9 Å². The lowest BCUT2D eigenvalue weighted by molar-refractivity contribution is -0.141. The Morgan fingerprint density at radius 2 is 1.90 bits per heavy atom. The van der Waals surface area contributed by atoms with E-state index < -0.39 is 58.2 Å². The van der Waals surface area contributed by atoms with Crippen LogP contribution >= 0.6 is 0 Å². The molecule has 1 aliphatic heterocycles. The monoisotopic (exact) mass is 437 g/mol. The van der Waals surface area contributed by atoms with Gasteiger partial charge in [0.05, 0.1) is 11.8 Å². The Balaban J connectivity index is 2.12. The van der Waals surface area contributed by atoms with Crippen molar-refractivity contribution in [2.24, 2.45) is 0 Å². The molecular formula is C18H11F4N5O4. The molecule has 2 heterocycles. The Labute approximate surface area is 171 Å². The van der Waals surface area contributed by atoms with Gasteiger partial charge < -0.3 is 5.11 Å². The molecule has 0 radical (unpaired) electrons. The first-order chi connectivity index (χ1) is 14.3. The number of aromatic carboxylic acids is 1. The first kappa shape index (κ1) is 21.6. The number of carboxylic acid groups (broad SMARTS) is 1. The SMILES string of the molecule is CC1(C)C(=O)N(c2cnc(C#N)c(C(F)(F)F)n2)C(=O)N1c1ccc(C(=O)O)c(F)c1. The molecule has 0 bridgehead atoms. The molecule has 0 aliphatic carbocycles. The minimum absolute atomic E-state index is 0.203. The van der Waals surface area contributed by atoms with Gasteiger partial charge in [-0.05, 0) is 32.0 Å². The third kappa shape index (κ3) is 3.41. The number of nitriles is 1. The van der Waals surface area contributed by atoms with E-state index in [2.05, 4.69) is 9.97 Å². The average molecular weight is 437 g/mol. The lowest BCUT2D eigenvalue weighted by atomic mass is 10.0. The smallest absolute Gasteiger partial charge is 0.436 e. The van der Waals surface area contributed by atoms with Gasteiger partial charge in [-0.25, -0.2) is 28.8 Å². The predicted molar refractivity (Wildman–Crippen MR) is 94.5 cm³/mol. The van der Waals surface area contributed by atoms with Gasteiger partial charge in [0, 0.05) is 5.69 Å². The molecule has 1 saturated heterocycles. The molecule has 3 amide bonds. The highest BCUT2D eigenvalue weighted by atomic mass is 19.4. The second-order valence-corrected chi connectivity index (χ2v) is 6.82. The molecule has 1 N–H and O–H groups in total. The number of carboxylic acids is 1. The molecule has 9 nitrogen and oxygen atoms in total. The summed E-state index contributed by atoms with van der Waals surface area (Å²) in [5.41, 5.74) is -5.29. The number of benzene rings is 1. The number of amides is 3. The van der Waals surface area contributed by atoms with Crippen molar-refractivity contribution in [2.45, 2.75) is 25.6 Å². The van der Waals surface area contributed by atoms with E-state index in [9.17, 15) is 31.9 Å². The third-order valence-corrected chi connectivity index (χ3v) is 4.47. The minimum Gasteiger partial charge on any atom is -0.478 e. The number of carbonyl (C=O) groups is 3. The van der Waals surface area contributed by atoms with Crippen LogP contribution in [0.1, 0.15) is 35.6 Å². The molecule has 1 aromatic carbocycles. The summed E-state index contributed by atoms with van der Waals surface area (Å²) in [5, 5.41) is 17.7. The zero-order chi connectivity index (χ0) is 23.3. The summed E-state index contributed by atoms with van der Waals surface area (Å²) in [6.45, 7) is 2.52. The van der Waals surface area contributed by atoms with Gasteiger partial charge in [0.25, 0.3) is 5.91 Å². The van der Waals surface area contributed by atoms with Gasteiger partial charge in [-0.3, -0.25) is 9.69 Å². The number of anilines is 2. The van der Waals surface area contributed by atoms with Crippen molar-refractivity contribution in [3.8, 4) is 6.07 Å². The van der Waals surface area contributed by atoms with E-state index in [0.29, 0.717) is 17.2 Å². The van der Waals surface area contributed by atoms with Crippen molar-refractivity contribution in [3.05, 3.63) is 47.2 Å². The van der Waals surface area contributed by atoms with E-state index in [0.717, 1.165) is 17.0 Å². The molecule has 1 aliphatic rings. The van der Waals surface area contributed by atoms with Crippen molar-refractivity contribution in [1.82, 2.24) is 9.97 Å². The predicted octanol–water partition coefficient (Wildman–Crippen LogP) is 2.96. The Hall–Kier alpha value is -4.08. The quantitative estimate of drug-likeness (QED) is 0.578. The van der Waals surface area contributed by atoms with Crippen molar-refractivity contribution in [1.29, 1.82) is 5.26 Å². The molecule has 0 unspecified atom stereocenters. The van der Waals surface area contributed by atoms with Crippen LogP contribution in [0.3, 0.4) is 0 Å². The topological polar surface area (TPSA) is 127 Å². The molecule has 3 rings (SSSR count). The summed E-state index contributed by atoms with van der Waals surface area (Å²) >= 11 is 0. The van der Waals surface area contributed by atoms with Crippen LogP contribution in [0.4, 0.5) is 33.9 Å². The third-order valence-electron chi connectivity index (χ3n) is 4.47. The fourth-order valence-corrected chi connectivity index (χ4v) is 3.01. The average Bonchev–Trinajstić information content (AvgIpc) is 2.84. The Kier molecular flexibility index (Phi) is 4.89. The number of carbonyl (C=O) groups excluding carboxylic acids is 2. The summed E-state index contributed by atoms with van der Waals surface area (Å²) in [5.74, 6) is -4.51. The first-order valence-corrected chi connectivity index (χ1v) is 8.36. The van der Waals surface area contributed by atoms with Gasteiger partial charge >= 0.3 is 18.2 Å². The van der Waals surface area contributed by atoms with Crippen molar-refractivity contribution >= 4 is 29.4 Å². The maximum absolute atomic E-state index is 14.1. The number of hydrogen-bond donors (Lipinski definition) is 1. The zero-order valence-electron chi connectivity index (χ0n) is 15.7. The minimum atomic E-state index is -5.08. The summed E-state index contributed by atoms with van der Waals surface area (Å²) < 4.78 is 53.7. The van der Waals surface area contributed by atoms with Crippen LogP contribution in [0.15, 0.2) is 24.4 Å². The van der Waals surface area contributed by atoms with Crippen LogP contribution in [-0.4, -0.2) is 38.5 Å². The fourth-order valence-electron chi connectivity index (χ4n) is 3.01. The molecule has 1 aromatic heterocycles. The highest BCUT2D eigenvalue weighted by Gasteiger charge is 2.54. The molecule has 0 atom stereocenters. The Morgan fingerprint density at radius 3 is 2.42 bits per heavy atom. The molecule has 31 heavy (non-hydrogen) atoms. The number of aromatic nitrogens is 2. The second kappa shape index (κ2) is 7.01. The van der Waals surface area contributed by atoms with E-state index in [1.807, 2.05) is 0 Å². The number of alkyl halides is 3. The first-order valence-electron chi connectivity index (χ1n) is 8.36. The largest absolute Gasteiger partial charge is 0.478 e. The molecule has 1 fully saturated rings. The van der Waals surface area contributed by atoms with Crippen molar-refractivity contribution in [2.75, 3.05) is 9.80 Å². The number of rotatable bonds is 3. The van der Waals surface area contributed by atoms with E-state index in [1.54, 1.807) is 0 Å². The van der Waals surface area contributed by atoms with E-state index in [-0.39, 0.29) is 5.69 Å². The summed E-state index contributed by atoms with van der Waals surface area (Å²) in [4.78, 5) is 44.5. The van der Waals surface area contributed by atoms with Gasteiger partial charge in [-0.2, -0.15) is 18.4 Å². The van der Waals surface area contributed by atoms with Crippen molar-refractivity contribution < 1.29 is 37.1 Å². The molecule has 160 valence electrons. The van der Waals surface area contributed by atoms with Gasteiger partial charge in [0.1, 0.15) is 17.4 Å². The summed E-state index contributed by atoms with van der Waals surface area (Å²) in [6.07, 6.45) is -4.41. The van der Waals surface area contributed by atoms with Crippen LogP contribution in [0.25, 0.3) is 0 Å². The molecule has 0 saturated carbocycles. The van der Waals surface area contributed by atoms with E-state index >= 15 is 0 Å². The summed E-state index contributed by atoms with van der Waals surface area (Å²) in [7, 11) is 0. The maximum atomic E-state index is 14.1. The molecule has 0 spiro atoms. The van der Waals surface area contributed by atoms with Gasteiger partial charge in [0.15, 0.2) is 17.2 Å². The number of halogens is 4. The Bertz CT molecular complexity index is 1170. The normalized spacial score (nSPS) is 15.9. The van der Waals surface area contributed by atoms with Crippen LogP contribution < -0.4 is 9.80 Å². The highest BCUT2D eigenvalue weighted by molar-refractivity contribution is 6.29. The summed E-state index contributed by atoms with van der Waals surface area (Å²) in [6, 6.07) is 2.74. The lowest BCUT2D eigenvalue weighted by Crippen LogP contribution is -2.44. The number of imide groups is 1. The van der Waals surface area contributed by atoms with Gasteiger partial charge in [-0.1, -0.05) is 0 Å². The molecule has 2 aromatic rings. The Morgan fingerprint density at radius 1 is 1.26 bits per heavy atom. The molecule has 13 heteroatoms. The maximum Gasteiger partial charge on any atom is 0.436 e. The number of urea groups is 1. The fraction of sp³-hybridized carbons (Fsp3) is 0.222. The van der Waals surface area contributed by atoms with Crippen LogP contribution in [-0.2, 0) is 11.0 Å². The van der Waals surface area contributed by atoms with Crippen LogP contribution in [0.5, 0.6) is 0 Å². The zero-order valence-corrected chi connectivity index (χ0v) is 15.7. The highest BCUT2D eigenvalue weighted by Crippen LogP contribution is 2.37. The second-order valence-electron chi connectivity index (χ2n) is 6.82. The standard InChI is InChI=1S/C18H11F4N5O4/c1-17(2)15(30)26(12-7-24-11(6-23)13(25-12)18(20,21)22)16(31)27(17)8-3-4-9(14(28)29)10(19)5-8/h3-5,7H,1-2H3,(H,28,29). The lowest BCUT2D eigenvalue weighted by Gasteiger charge is -2.27. The van der Waals surface area contributed by atoms with Crippen LogP contribution in [0, 0.1) is 17.1 Å². The van der Waals surface area contributed by atoms with Gasteiger partial charge in [-0.15, -0.1) is 0 Å². The number of hydrogen-bond acceptors (Lipinski definition) is 6.